The number of methoxy groups -OCH3 is 1. The highest BCUT2D eigenvalue weighted by atomic mass is 127. The Balaban J connectivity index is 0.00000312. The molecule has 0 aliphatic rings. The molecule has 0 aliphatic carbocycles. The predicted octanol–water partition coefficient (Wildman–Crippen LogP) is 3.45. The lowest BCUT2D eigenvalue weighted by atomic mass is 10.2. The lowest BCUT2D eigenvalue weighted by molar-refractivity contribution is 0.322. The Morgan fingerprint density at radius 2 is 1.68 bits per heavy atom. The minimum Gasteiger partial charge on any atom is -0.497 e. The molecule has 2 N–H and O–H groups in total. The fraction of sp³-hybridized carbons (Fsp3) is 0.316. The highest BCUT2D eigenvalue weighted by Crippen LogP contribution is 2.11. The van der Waals surface area contributed by atoms with Crippen molar-refractivity contribution in [1.82, 2.24) is 10.6 Å². The summed E-state index contributed by atoms with van der Waals surface area (Å²) in [5, 5.41) is 6.51. The SMILES string of the molecule is CCNC(=NCc1ccc(OC)cc1)NCCOc1ccccc1.I. The summed E-state index contributed by atoms with van der Waals surface area (Å²) >= 11 is 0. The van der Waals surface area contributed by atoms with E-state index in [1.807, 2.05) is 61.5 Å². The standard InChI is InChI=1S/C19H25N3O2.HI/c1-3-20-19(21-13-14-24-18-7-5-4-6-8-18)22-15-16-9-11-17(23-2)12-10-16;/h4-12H,3,13-15H2,1-2H3,(H2,20,21,22);1H. The van der Waals surface area contributed by atoms with Gasteiger partial charge in [0.15, 0.2) is 5.96 Å². The first-order chi connectivity index (χ1) is 11.8. The van der Waals surface area contributed by atoms with Crippen molar-refractivity contribution in [2.24, 2.45) is 4.99 Å². The number of rotatable bonds is 8. The van der Waals surface area contributed by atoms with Gasteiger partial charge in [-0.05, 0) is 36.8 Å². The van der Waals surface area contributed by atoms with Crippen LogP contribution in [-0.2, 0) is 6.54 Å². The Morgan fingerprint density at radius 3 is 2.32 bits per heavy atom. The Kier molecular flexibility index (Phi) is 10.5. The lowest BCUT2D eigenvalue weighted by Gasteiger charge is -2.12. The average Bonchev–Trinajstić information content (AvgIpc) is 2.64. The molecule has 0 saturated carbocycles. The predicted molar refractivity (Wildman–Crippen MR) is 113 cm³/mol. The van der Waals surface area contributed by atoms with Gasteiger partial charge in [0.05, 0.1) is 20.2 Å². The molecule has 2 aromatic rings. The Bertz CT molecular complexity index is 618. The third kappa shape index (κ3) is 8.11. The van der Waals surface area contributed by atoms with Gasteiger partial charge in [-0.3, -0.25) is 0 Å². The van der Waals surface area contributed by atoms with E-state index in [4.69, 9.17) is 9.47 Å². The van der Waals surface area contributed by atoms with Gasteiger partial charge in [0, 0.05) is 6.54 Å². The first kappa shape index (κ1) is 21.1. The monoisotopic (exact) mass is 455 g/mol. The molecular formula is C19H26IN3O2. The van der Waals surface area contributed by atoms with Gasteiger partial charge < -0.3 is 20.1 Å². The fourth-order valence-corrected chi connectivity index (χ4v) is 2.10. The van der Waals surface area contributed by atoms with Gasteiger partial charge in [0.25, 0.3) is 0 Å². The van der Waals surface area contributed by atoms with Crippen LogP contribution in [0.4, 0.5) is 0 Å². The Hall–Kier alpha value is -1.96. The zero-order valence-corrected chi connectivity index (χ0v) is 17.0. The number of guanidine groups is 1. The molecule has 0 fully saturated rings. The smallest absolute Gasteiger partial charge is 0.191 e. The second-order valence-corrected chi connectivity index (χ2v) is 5.13. The minimum atomic E-state index is 0. The average molecular weight is 455 g/mol. The number of halogens is 1. The maximum absolute atomic E-state index is 5.66. The molecule has 136 valence electrons. The summed E-state index contributed by atoms with van der Waals surface area (Å²) in [6.07, 6.45) is 0. The number of benzene rings is 2. The van der Waals surface area contributed by atoms with E-state index in [9.17, 15) is 0 Å². The molecule has 0 aromatic heterocycles. The molecule has 5 nitrogen and oxygen atoms in total. The molecule has 2 aromatic carbocycles. The first-order valence-corrected chi connectivity index (χ1v) is 8.14. The highest BCUT2D eigenvalue weighted by Gasteiger charge is 1.99. The number of para-hydroxylation sites is 1. The molecule has 0 aliphatic heterocycles. The topological polar surface area (TPSA) is 54.9 Å². The summed E-state index contributed by atoms with van der Waals surface area (Å²) in [6.45, 7) is 4.73. The Labute approximate surface area is 166 Å². The van der Waals surface area contributed by atoms with Gasteiger partial charge in [0.2, 0.25) is 0 Å². The van der Waals surface area contributed by atoms with Crippen molar-refractivity contribution >= 4 is 29.9 Å². The van der Waals surface area contributed by atoms with E-state index in [2.05, 4.69) is 15.6 Å². The van der Waals surface area contributed by atoms with Gasteiger partial charge in [-0.15, -0.1) is 24.0 Å². The largest absolute Gasteiger partial charge is 0.497 e. The maximum Gasteiger partial charge on any atom is 0.191 e. The molecule has 6 heteroatoms. The van der Waals surface area contributed by atoms with Crippen LogP contribution in [0, 0.1) is 0 Å². The second-order valence-electron chi connectivity index (χ2n) is 5.13. The van der Waals surface area contributed by atoms with Crippen LogP contribution in [-0.4, -0.2) is 32.8 Å². The van der Waals surface area contributed by atoms with E-state index in [1.165, 1.54) is 0 Å². The molecule has 0 spiro atoms. The van der Waals surface area contributed by atoms with Crippen molar-refractivity contribution in [2.75, 3.05) is 26.8 Å². The van der Waals surface area contributed by atoms with E-state index in [0.29, 0.717) is 19.7 Å². The van der Waals surface area contributed by atoms with Crippen LogP contribution in [0.3, 0.4) is 0 Å². The van der Waals surface area contributed by atoms with Gasteiger partial charge >= 0.3 is 0 Å². The second kappa shape index (κ2) is 12.4. The summed E-state index contributed by atoms with van der Waals surface area (Å²) in [5.41, 5.74) is 1.13. The van der Waals surface area contributed by atoms with E-state index < -0.39 is 0 Å². The number of nitrogens with zero attached hydrogens (tertiary/aromatic N) is 1. The van der Waals surface area contributed by atoms with Gasteiger partial charge in [-0.25, -0.2) is 4.99 Å². The fourth-order valence-electron chi connectivity index (χ4n) is 2.10. The maximum atomic E-state index is 5.66. The van der Waals surface area contributed by atoms with Crippen molar-refractivity contribution in [1.29, 1.82) is 0 Å². The summed E-state index contributed by atoms with van der Waals surface area (Å²) in [7, 11) is 1.66. The van der Waals surface area contributed by atoms with E-state index in [-0.39, 0.29) is 24.0 Å². The molecule has 0 amide bonds. The van der Waals surface area contributed by atoms with Gasteiger partial charge in [0.1, 0.15) is 18.1 Å². The molecule has 0 unspecified atom stereocenters. The van der Waals surface area contributed by atoms with Gasteiger partial charge in [-0.1, -0.05) is 30.3 Å². The summed E-state index contributed by atoms with van der Waals surface area (Å²) in [5.74, 6) is 2.51. The van der Waals surface area contributed by atoms with Crippen molar-refractivity contribution in [3.63, 3.8) is 0 Å². The van der Waals surface area contributed by atoms with Crippen molar-refractivity contribution in [2.45, 2.75) is 13.5 Å². The van der Waals surface area contributed by atoms with Crippen LogP contribution in [0.15, 0.2) is 59.6 Å². The number of aliphatic imine (C=N–C) groups is 1. The first-order valence-electron chi connectivity index (χ1n) is 8.14. The molecule has 25 heavy (non-hydrogen) atoms. The molecule has 2 rings (SSSR count). The summed E-state index contributed by atoms with van der Waals surface area (Å²) in [6, 6.07) is 17.7. The van der Waals surface area contributed by atoms with Crippen molar-refractivity contribution < 1.29 is 9.47 Å². The van der Waals surface area contributed by atoms with Crippen LogP contribution in [0.1, 0.15) is 12.5 Å². The number of hydrogen-bond donors (Lipinski definition) is 2. The molecule has 0 bridgehead atoms. The number of ether oxygens (including phenoxy) is 2. The molecule has 0 saturated heterocycles. The third-order valence-corrected chi connectivity index (χ3v) is 3.33. The van der Waals surface area contributed by atoms with E-state index in [1.54, 1.807) is 7.11 Å². The van der Waals surface area contributed by atoms with Crippen LogP contribution in [0.2, 0.25) is 0 Å². The van der Waals surface area contributed by atoms with Crippen molar-refractivity contribution in [3.05, 3.63) is 60.2 Å². The zero-order chi connectivity index (χ0) is 17.0. The molecule has 0 radical (unpaired) electrons. The zero-order valence-electron chi connectivity index (χ0n) is 14.7. The summed E-state index contributed by atoms with van der Waals surface area (Å²) in [4.78, 5) is 4.58. The Morgan fingerprint density at radius 1 is 0.960 bits per heavy atom. The minimum absolute atomic E-state index is 0. The van der Waals surface area contributed by atoms with Crippen LogP contribution in [0.25, 0.3) is 0 Å². The van der Waals surface area contributed by atoms with Gasteiger partial charge in [-0.2, -0.15) is 0 Å². The van der Waals surface area contributed by atoms with Crippen LogP contribution in [0.5, 0.6) is 11.5 Å². The van der Waals surface area contributed by atoms with Crippen LogP contribution < -0.4 is 20.1 Å². The lowest BCUT2D eigenvalue weighted by Crippen LogP contribution is -2.39. The molecule has 0 heterocycles. The number of hydrogen-bond acceptors (Lipinski definition) is 3. The molecule has 0 atom stereocenters. The van der Waals surface area contributed by atoms with E-state index in [0.717, 1.165) is 29.6 Å². The highest BCUT2D eigenvalue weighted by molar-refractivity contribution is 14.0. The quantitative estimate of drug-likeness (QED) is 0.277. The molecular weight excluding hydrogens is 429 g/mol. The van der Waals surface area contributed by atoms with E-state index >= 15 is 0 Å². The third-order valence-electron chi connectivity index (χ3n) is 3.33. The summed E-state index contributed by atoms with van der Waals surface area (Å²) < 4.78 is 10.8. The van der Waals surface area contributed by atoms with Crippen LogP contribution >= 0.6 is 24.0 Å². The number of nitrogens with one attached hydrogen (secondary N) is 2. The van der Waals surface area contributed by atoms with Crippen molar-refractivity contribution in [3.8, 4) is 11.5 Å². The normalized spacial score (nSPS) is 10.6.